The fourth-order valence-electron chi connectivity index (χ4n) is 4.81. The average Bonchev–Trinajstić information content (AvgIpc) is 2.95. The maximum absolute atomic E-state index is 11.4. The molecule has 162 valence electrons. The van der Waals surface area contributed by atoms with E-state index in [1.54, 1.807) is 0 Å². The summed E-state index contributed by atoms with van der Waals surface area (Å²) in [6.07, 6.45) is 3.66. The van der Waals surface area contributed by atoms with Gasteiger partial charge in [-0.05, 0) is 50.5 Å². The molecule has 0 bridgehead atoms. The smallest absolute Gasteiger partial charge is 0.303 e. The predicted molar refractivity (Wildman–Crippen MR) is 108 cm³/mol. The van der Waals surface area contributed by atoms with Gasteiger partial charge in [-0.1, -0.05) is 30.3 Å². The summed E-state index contributed by atoms with van der Waals surface area (Å²) < 4.78 is 11.9. The molecule has 3 N–H and O–H groups in total. The summed E-state index contributed by atoms with van der Waals surface area (Å²) in [5.41, 5.74) is 0.156. The lowest BCUT2D eigenvalue weighted by atomic mass is 9.82. The molecule has 29 heavy (non-hydrogen) atoms. The zero-order valence-electron chi connectivity index (χ0n) is 17.2. The van der Waals surface area contributed by atoms with E-state index < -0.39 is 17.7 Å². The minimum Gasteiger partial charge on any atom is -0.481 e. The molecular formula is C23H34O6. The van der Waals surface area contributed by atoms with Gasteiger partial charge in [-0.2, -0.15) is 0 Å². The second-order valence-corrected chi connectivity index (χ2v) is 8.90. The molecule has 6 atom stereocenters. The van der Waals surface area contributed by atoms with Crippen LogP contribution in [0.4, 0.5) is 0 Å². The molecule has 1 aromatic carbocycles. The number of benzene rings is 1. The van der Waals surface area contributed by atoms with Gasteiger partial charge in [0.2, 0.25) is 0 Å². The Labute approximate surface area is 172 Å². The third-order valence-electron chi connectivity index (χ3n) is 6.31. The zero-order valence-corrected chi connectivity index (χ0v) is 17.2. The molecule has 2 unspecified atom stereocenters. The number of ether oxygens (including phenoxy) is 2. The van der Waals surface area contributed by atoms with Gasteiger partial charge in [-0.3, -0.25) is 4.79 Å². The molecule has 1 saturated heterocycles. The van der Waals surface area contributed by atoms with E-state index in [4.69, 9.17) is 9.47 Å². The first-order valence-electron chi connectivity index (χ1n) is 10.8. The Balaban J connectivity index is 1.65. The van der Waals surface area contributed by atoms with Crippen molar-refractivity contribution in [1.29, 1.82) is 0 Å². The SMILES string of the molecule is CC(O)(CC[C@H]1[C@H](CC(=O)O)[C@H](O)C[C@@H]1OC1CCCCO1)Cc1ccccc1. The van der Waals surface area contributed by atoms with Gasteiger partial charge in [0.1, 0.15) is 0 Å². The molecular weight excluding hydrogens is 372 g/mol. The average molecular weight is 407 g/mol. The van der Waals surface area contributed by atoms with Gasteiger partial charge >= 0.3 is 5.97 Å². The fourth-order valence-corrected chi connectivity index (χ4v) is 4.81. The highest BCUT2D eigenvalue weighted by Crippen LogP contribution is 2.41. The third-order valence-corrected chi connectivity index (χ3v) is 6.31. The van der Waals surface area contributed by atoms with Crippen LogP contribution in [0.25, 0.3) is 0 Å². The second kappa shape index (κ2) is 10.0. The summed E-state index contributed by atoms with van der Waals surface area (Å²) in [5.74, 6) is -1.40. The summed E-state index contributed by atoms with van der Waals surface area (Å²) in [7, 11) is 0. The first kappa shape index (κ1) is 22.2. The zero-order chi connectivity index (χ0) is 20.9. The number of carboxylic acid groups (broad SMARTS) is 1. The van der Waals surface area contributed by atoms with E-state index in [1.165, 1.54) is 0 Å². The Morgan fingerprint density at radius 1 is 1.24 bits per heavy atom. The summed E-state index contributed by atoms with van der Waals surface area (Å²) >= 11 is 0. The summed E-state index contributed by atoms with van der Waals surface area (Å²) in [5, 5.41) is 30.8. The van der Waals surface area contributed by atoms with E-state index in [-0.39, 0.29) is 30.7 Å². The van der Waals surface area contributed by atoms with Crippen molar-refractivity contribution in [3.63, 3.8) is 0 Å². The van der Waals surface area contributed by atoms with E-state index >= 15 is 0 Å². The lowest BCUT2D eigenvalue weighted by Gasteiger charge is -2.32. The standard InChI is InChI=1S/C23H34O6/c1-23(27,15-16-7-3-2-4-8-16)11-10-17-18(13-21(25)26)19(24)14-20(17)29-22-9-5-6-12-28-22/h2-4,7-8,17-20,22,24,27H,5-6,9-15H2,1H3,(H,25,26)/t17-,18-,19+,20-,22?,23?/m0/s1. The molecule has 3 rings (SSSR count). The molecule has 1 saturated carbocycles. The summed E-state index contributed by atoms with van der Waals surface area (Å²) in [4.78, 5) is 11.4. The highest BCUT2D eigenvalue weighted by Gasteiger charge is 2.45. The second-order valence-electron chi connectivity index (χ2n) is 8.90. The van der Waals surface area contributed by atoms with Crippen LogP contribution < -0.4 is 0 Å². The Kier molecular flexibility index (Phi) is 7.68. The van der Waals surface area contributed by atoms with E-state index in [2.05, 4.69) is 0 Å². The van der Waals surface area contributed by atoms with Gasteiger partial charge in [0.25, 0.3) is 0 Å². The Hall–Kier alpha value is -1.47. The van der Waals surface area contributed by atoms with Crippen molar-refractivity contribution >= 4 is 5.97 Å². The largest absolute Gasteiger partial charge is 0.481 e. The molecule has 1 heterocycles. The number of aliphatic hydroxyl groups excluding tert-OH is 1. The fraction of sp³-hybridized carbons (Fsp3) is 0.696. The Morgan fingerprint density at radius 3 is 2.66 bits per heavy atom. The van der Waals surface area contributed by atoms with Crippen molar-refractivity contribution in [3.8, 4) is 0 Å². The van der Waals surface area contributed by atoms with Crippen molar-refractivity contribution in [2.75, 3.05) is 6.61 Å². The number of carboxylic acids is 1. The first-order chi connectivity index (χ1) is 13.8. The minimum absolute atomic E-state index is 0.0853. The molecule has 6 nitrogen and oxygen atoms in total. The normalized spacial score (nSPS) is 32.0. The predicted octanol–water partition coefficient (Wildman–Crippen LogP) is 3.14. The van der Waals surface area contributed by atoms with Crippen LogP contribution >= 0.6 is 0 Å². The quantitative estimate of drug-likeness (QED) is 0.583. The number of hydrogen-bond acceptors (Lipinski definition) is 5. The third kappa shape index (κ3) is 6.51. The molecule has 2 fully saturated rings. The van der Waals surface area contributed by atoms with E-state index in [9.17, 15) is 20.1 Å². The molecule has 1 aromatic rings. The molecule has 0 spiro atoms. The number of hydrogen-bond donors (Lipinski definition) is 3. The molecule has 1 aliphatic heterocycles. The molecule has 0 aromatic heterocycles. The van der Waals surface area contributed by atoms with Gasteiger partial charge in [0.15, 0.2) is 6.29 Å². The minimum atomic E-state index is -0.912. The highest BCUT2D eigenvalue weighted by molar-refractivity contribution is 5.67. The van der Waals surface area contributed by atoms with Crippen LogP contribution in [0.15, 0.2) is 30.3 Å². The van der Waals surface area contributed by atoms with Crippen molar-refractivity contribution in [3.05, 3.63) is 35.9 Å². The molecule has 0 radical (unpaired) electrons. The summed E-state index contributed by atoms with van der Waals surface area (Å²) in [6, 6.07) is 9.84. The van der Waals surface area contributed by atoms with Crippen LogP contribution in [0.3, 0.4) is 0 Å². The first-order valence-corrected chi connectivity index (χ1v) is 10.8. The van der Waals surface area contributed by atoms with Gasteiger partial charge < -0.3 is 24.8 Å². The van der Waals surface area contributed by atoms with Crippen molar-refractivity contribution in [2.24, 2.45) is 11.8 Å². The van der Waals surface area contributed by atoms with Gasteiger partial charge in [-0.25, -0.2) is 0 Å². The molecule has 1 aliphatic carbocycles. The lowest BCUT2D eigenvalue weighted by Crippen LogP contribution is -2.34. The van der Waals surface area contributed by atoms with Crippen LogP contribution in [0.2, 0.25) is 0 Å². The monoisotopic (exact) mass is 406 g/mol. The number of carbonyl (C=O) groups is 1. The van der Waals surface area contributed by atoms with Crippen LogP contribution in [0.5, 0.6) is 0 Å². The summed E-state index contributed by atoms with van der Waals surface area (Å²) in [6.45, 7) is 2.49. The van der Waals surface area contributed by atoms with Crippen molar-refractivity contribution < 1.29 is 29.6 Å². The van der Waals surface area contributed by atoms with Crippen molar-refractivity contribution in [2.45, 2.75) is 82.4 Å². The maximum atomic E-state index is 11.4. The van der Waals surface area contributed by atoms with E-state index in [1.807, 2.05) is 37.3 Å². The number of aliphatic carboxylic acids is 1. The van der Waals surface area contributed by atoms with Crippen LogP contribution in [-0.4, -0.2) is 52.0 Å². The van der Waals surface area contributed by atoms with E-state index in [0.717, 1.165) is 24.8 Å². The van der Waals surface area contributed by atoms with E-state index in [0.29, 0.717) is 32.3 Å². The topological polar surface area (TPSA) is 96.2 Å². The van der Waals surface area contributed by atoms with Crippen LogP contribution in [0, 0.1) is 11.8 Å². The number of aliphatic hydroxyl groups is 2. The Morgan fingerprint density at radius 2 is 2.00 bits per heavy atom. The van der Waals surface area contributed by atoms with Gasteiger partial charge in [-0.15, -0.1) is 0 Å². The van der Waals surface area contributed by atoms with Gasteiger partial charge in [0.05, 0.1) is 24.2 Å². The maximum Gasteiger partial charge on any atom is 0.303 e. The molecule has 6 heteroatoms. The lowest BCUT2D eigenvalue weighted by molar-refractivity contribution is -0.197. The van der Waals surface area contributed by atoms with Crippen LogP contribution in [0.1, 0.15) is 57.4 Å². The Bertz CT molecular complexity index is 640. The van der Waals surface area contributed by atoms with Crippen LogP contribution in [-0.2, 0) is 20.7 Å². The molecule has 0 amide bonds. The van der Waals surface area contributed by atoms with Gasteiger partial charge in [0, 0.05) is 25.4 Å². The highest BCUT2D eigenvalue weighted by atomic mass is 16.7. The van der Waals surface area contributed by atoms with Crippen molar-refractivity contribution in [1.82, 2.24) is 0 Å². The number of rotatable bonds is 9. The molecule has 2 aliphatic rings.